The molecule has 7 heteroatoms. The molecule has 3 heterocycles. The van der Waals surface area contributed by atoms with Gasteiger partial charge in [0.05, 0.1) is 17.4 Å². The molecule has 1 aliphatic heterocycles. The van der Waals surface area contributed by atoms with Crippen LogP contribution in [0.5, 0.6) is 11.8 Å². The average molecular weight is 364 g/mol. The number of benzene rings is 1. The fraction of sp³-hybridized carbons (Fsp3) is 0.400. The first-order valence-electron chi connectivity index (χ1n) is 9.32. The lowest BCUT2D eigenvalue weighted by Crippen LogP contribution is -2.30. The smallest absolute Gasteiger partial charge is 0.322 e. The maximum absolute atomic E-state index is 5.92. The number of hydrogen-bond donors (Lipinski definition) is 1. The van der Waals surface area contributed by atoms with Crippen molar-refractivity contribution in [1.82, 2.24) is 30.3 Å². The number of aromatic nitrogens is 5. The molecule has 0 amide bonds. The summed E-state index contributed by atoms with van der Waals surface area (Å²) in [5.74, 6) is 0.742. The Morgan fingerprint density at radius 2 is 1.81 bits per heavy atom. The van der Waals surface area contributed by atoms with Crippen LogP contribution in [0, 0.1) is 20.8 Å². The van der Waals surface area contributed by atoms with E-state index in [4.69, 9.17) is 4.74 Å². The molecular weight excluding hydrogens is 340 g/mol. The van der Waals surface area contributed by atoms with Gasteiger partial charge in [-0.15, -0.1) is 5.10 Å². The summed E-state index contributed by atoms with van der Waals surface area (Å²) in [7, 11) is 0. The molecule has 3 aromatic rings. The summed E-state index contributed by atoms with van der Waals surface area (Å²) < 4.78 is 7.93. The van der Waals surface area contributed by atoms with Crippen molar-refractivity contribution in [1.29, 1.82) is 0 Å². The van der Waals surface area contributed by atoms with E-state index >= 15 is 0 Å². The summed E-state index contributed by atoms with van der Waals surface area (Å²) >= 11 is 0. The molecule has 0 radical (unpaired) electrons. The van der Waals surface area contributed by atoms with E-state index in [1.807, 2.05) is 43.7 Å². The van der Waals surface area contributed by atoms with Crippen LogP contribution in [0.3, 0.4) is 0 Å². The average Bonchev–Trinajstić information content (AvgIpc) is 3.03. The Kier molecular flexibility index (Phi) is 4.85. The van der Waals surface area contributed by atoms with Crippen molar-refractivity contribution in [3.05, 3.63) is 47.3 Å². The maximum atomic E-state index is 5.92. The van der Waals surface area contributed by atoms with Crippen LogP contribution in [-0.2, 0) is 0 Å². The number of nitrogens with one attached hydrogen (secondary N) is 1. The third kappa shape index (κ3) is 3.83. The number of hydrogen-bond acceptors (Lipinski definition) is 6. The molecule has 7 nitrogen and oxygen atoms in total. The fourth-order valence-corrected chi connectivity index (χ4v) is 3.60. The van der Waals surface area contributed by atoms with Gasteiger partial charge >= 0.3 is 6.01 Å². The Morgan fingerprint density at radius 3 is 2.56 bits per heavy atom. The van der Waals surface area contributed by atoms with Gasteiger partial charge in [0, 0.05) is 6.20 Å². The third-order valence-corrected chi connectivity index (χ3v) is 4.80. The number of piperidine rings is 1. The lowest BCUT2D eigenvalue weighted by Gasteiger charge is -2.24. The second-order valence-corrected chi connectivity index (χ2v) is 7.10. The minimum atomic E-state index is 0.329. The highest BCUT2D eigenvalue weighted by atomic mass is 16.5. The minimum Gasteiger partial charge on any atom is -0.424 e. The van der Waals surface area contributed by atoms with Crippen LogP contribution >= 0.6 is 0 Å². The lowest BCUT2D eigenvalue weighted by atomic mass is 10.1. The van der Waals surface area contributed by atoms with Crippen LogP contribution in [0.25, 0.3) is 11.4 Å². The molecule has 0 aliphatic carbocycles. The highest BCUT2D eigenvalue weighted by Gasteiger charge is 2.22. The molecule has 1 aliphatic rings. The summed E-state index contributed by atoms with van der Waals surface area (Å²) in [4.78, 5) is 8.92. The maximum Gasteiger partial charge on any atom is 0.322 e. The Balaban J connectivity index is 1.66. The summed E-state index contributed by atoms with van der Waals surface area (Å²) in [5.41, 5.74) is 4.87. The quantitative estimate of drug-likeness (QED) is 0.765. The molecule has 4 rings (SSSR count). The zero-order valence-corrected chi connectivity index (χ0v) is 15.9. The number of rotatable bonds is 4. The third-order valence-electron chi connectivity index (χ3n) is 4.80. The molecule has 1 aromatic carbocycles. The molecule has 1 saturated heterocycles. The van der Waals surface area contributed by atoms with Crippen molar-refractivity contribution in [2.45, 2.75) is 39.7 Å². The summed E-state index contributed by atoms with van der Waals surface area (Å²) in [6, 6.07) is 8.62. The summed E-state index contributed by atoms with van der Waals surface area (Å²) in [6.45, 7) is 8.04. The van der Waals surface area contributed by atoms with Crippen LogP contribution in [-0.4, -0.2) is 38.1 Å². The number of nitrogens with zero attached hydrogens (tertiary/aromatic N) is 5. The van der Waals surface area contributed by atoms with Gasteiger partial charge in [0.25, 0.3) is 0 Å². The SMILES string of the molecule is Cc1cc(C)cc(Oc2nccc(-c3c(C)nnn3C3CCNCC3)n2)c1. The Hall–Kier alpha value is -2.80. The van der Waals surface area contributed by atoms with Crippen molar-refractivity contribution < 1.29 is 4.74 Å². The van der Waals surface area contributed by atoms with Gasteiger partial charge in [-0.3, -0.25) is 0 Å². The van der Waals surface area contributed by atoms with Crippen molar-refractivity contribution in [3.8, 4) is 23.1 Å². The minimum absolute atomic E-state index is 0.329. The highest BCUT2D eigenvalue weighted by Crippen LogP contribution is 2.29. The Bertz CT molecular complexity index is 925. The molecule has 0 atom stereocenters. The first-order valence-corrected chi connectivity index (χ1v) is 9.32. The van der Waals surface area contributed by atoms with E-state index in [0.29, 0.717) is 12.1 Å². The fourth-order valence-electron chi connectivity index (χ4n) is 3.60. The van der Waals surface area contributed by atoms with Crippen molar-refractivity contribution in [3.63, 3.8) is 0 Å². The van der Waals surface area contributed by atoms with Gasteiger partial charge in [-0.25, -0.2) is 9.67 Å². The van der Waals surface area contributed by atoms with E-state index in [1.54, 1.807) is 6.20 Å². The molecular formula is C20H24N6O. The summed E-state index contributed by atoms with van der Waals surface area (Å²) in [5, 5.41) is 12.1. The lowest BCUT2D eigenvalue weighted by molar-refractivity contribution is 0.340. The van der Waals surface area contributed by atoms with Gasteiger partial charge in [-0.1, -0.05) is 11.3 Å². The molecule has 140 valence electrons. The Labute approximate surface area is 158 Å². The van der Waals surface area contributed by atoms with E-state index in [9.17, 15) is 0 Å². The van der Waals surface area contributed by atoms with Gasteiger partial charge < -0.3 is 10.1 Å². The zero-order valence-electron chi connectivity index (χ0n) is 15.9. The van der Waals surface area contributed by atoms with Crippen molar-refractivity contribution in [2.24, 2.45) is 0 Å². The van der Waals surface area contributed by atoms with E-state index in [2.05, 4.69) is 31.7 Å². The second-order valence-electron chi connectivity index (χ2n) is 7.10. The predicted octanol–water partition coefficient (Wildman–Crippen LogP) is 3.38. The van der Waals surface area contributed by atoms with Gasteiger partial charge in [0.1, 0.15) is 11.4 Å². The molecule has 27 heavy (non-hydrogen) atoms. The van der Waals surface area contributed by atoms with Gasteiger partial charge in [0.15, 0.2) is 0 Å². The van der Waals surface area contributed by atoms with Crippen LogP contribution in [0.2, 0.25) is 0 Å². The second kappa shape index (κ2) is 7.44. The molecule has 0 saturated carbocycles. The monoisotopic (exact) mass is 364 g/mol. The molecule has 0 unspecified atom stereocenters. The normalized spacial score (nSPS) is 15.1. The molecule has 2 aromatic heterocycles. The van der Waals surface area contributed by atoms with E-state index < -0.39 is 0 Å². The zero-order chi connectivity index (χ0) is 18.8. The first-order chi connectivity index (χ1) is 13.1. The highest BCUT2D eigenvalue weighted by molar-refractivity contribution is 5.57. The van der Waals surface area contributed by atoms with Crippen molar-refractivity contribution in [2.75, 3.05) is 13.1 Å². The largest absolute Gasteiger partial charge is 0.424 e. The van der Waals surface area contributed by atoms with Crippen LogP contribution < -0.4 is 10.1 Å². The Morgan fingerprint density at radius 1 is 1.07 bits per heavy atom. The number of aryl methyl sites for hydroxylation is 3. The predicted molar refractivity (Wildman–Crippen MR) is 103 cm³/mol. The first kappa shape index (κ1) is 17.6. The molecule has 1 fully saturated rings. The van der Waals surface area contributed by atoms with Gasteiger partial charge in [-0.2, -0.15) is 4.98 Å². The van der Waals surface area contributed by atoms with Gasteiger partial charge in [-0.05, 0) is 76.0 Å². The standard InChI is InChI=1S/C20H24N6O/c1-13-10-14(2)12-17(11-13)27-20-22-9-6-18(23-20)19-15(3)24-25-26(19)16-4-7-21-8-5-16/h6,9-12,16,21H,4-5,7-8H2,1-3H3. The van der Waals surface area contributed by atoms with Crippen LogP contribution in [0.4, 0.5) is 0 Å². The molecule has 0 bridgehead atoms. The van der Waals surface area contributed by atoms with Gasteiger partial charge in [0.2, 0.25) is 0 Å². The van der Waals surface area contributed by atoms with E-state index in [-0.39, 0.29) is 0 Å². The molecule has 1 N–H and O–H groups in total. The topological polar surface area (TPSA) is 77.8 Å². The summed E-state index contributed by atoms with van der Waals surface area (Å²) in [6.07, 6.45) is 3.79. The molecule has 0 spiro atoms. The van der Waals surface area contributed by atoms with Crippen LogP contribution in [0.15, 0.2) is 30.5 Å². The van der Waals surface area contributed by atoms with E-state index in [1.165, 1.54) is 0 Å². The number of ether oxygens (including phenoxy) is 1. The van der Waals surface area contributed by atoms with Crippen molar-refractivity contribution >= 4 is 0 Å². The van der Waals surface area contributed by atoms with E-state index in [0.717, 1.165) is 59.9 Å². The van der Waals surface area contributed by atoms with Crippen LogP contribution in [0.1, 0.15) is 35.7 Å².